The lowest BCUT2D eigenvalue weighted by atomic mass is 9.76. The zero-order valence-electron chi connectivity index (χ0n) is 12.5. The van der Waals surface area contributed by atoms with Crippen LogP contribution in [0.2, 0.25) is 0 Å². The second-order valence-corrected chi connectivity index (χ2v) is 6.50. The highest BCUT2D eigenvalue weighted by molar-refractivity contribution is 5.73. The number of nitrogens with two attached hydrogens (primary N) is 1. The molecule has 0 aromatic heterocycles. The predicted molar refractivity (Wildman–Crippen MR) is 80.2 cm³/mol. The van der Waals surface area contributed by atoms with Crippen LogP contribution < -0.4 is 5.73 Å². The molecule has 1 aromatic carbocycles. The quantitative estimate of drug-likeness (QED) is 0.858. The third-order valence-corrected chi connectivity index (χ3v) is 4.26. The molecule has 0 amide bonds. The molecule has 1 aliphatic rings. The van der Waals surface area contributed by atoms with Crippen molar-refractivity contribution >= 4 is 5.97 Å². The molecule has 1 saturated carbocycles. The van der Waals surface area contributed by atoms with Crippen LogP contribution in [0.4, 0.5) is 0 Å². The van der Waals surface area contributed by atoms with Crippen LogP contribution in [0.1, 0.15) is 50.7 Å². The maximum atomic E-state index is 12.0. The monoisotopic (exact) mass is 275 g/mol. The smallest absolute Gasteiger partial charge is 0.310 e. The van der Waals surface area contributed by atoms with Gasteiger partial charge in [-0.15, -0.1) is 0 Å². The first-order valence-corrected chi connectivity index (χ1v) is 7.46. The molecule has 1 aliphatic carbocycles. The van der Waals surface area contributed by atoms with Crippen molar-refractivity contribution < 1.29 is 9.53 Å². The van der Waals surface area contributed by atoms with Gasteiger partial charge in [-0.2, -0.15) is 0 Å². The van der Waals surface area contributed by atoms with Gasteiger partial charge in [-0.25, -0.2) is 0 Å². The average Bonchev–Trinajstić information content (AvgIpc) is 2.42. The largest absolute Gasteiger partial charge is 0.462 e. The van der Waals surface area contributed by atoms with Crippen molar-refractivity contribution in [2.24, 2.45) is 11.1 Å². The number of benzene rings is 1. The number of rotatable bonds is 4. The summed E-state index contributed by atoms with van der Waals surface area (Å²) in [5, 5.41) is 0. The van der Waals surface area contributed by atoms with Crippen LogP contribution in [-0.2, 0) is 22.5 Å². The van der Waals surface area contributed by atoms with Crippen LogP contribution in [0.3, 0.4) is 0 Å². The molecular formula is C17H25NO2. The summed E-state index contributed by atoms with van der Waals surface area (Å²) in [6.07, 6.45) is 4.65. The van der Waals surface area contributed by atoms with Crippen molar-refractivity contribution in [2.45, 2.75) is 58.6 Å². The molecule has 0 spiro atoms. The van der Waals surface area contributed by atoms with Gasteiger partial charge in [-0.3, -0.25) is 4.79 Å². The van der Waals surface area contributed by atoms with E-state index in [1.54, 1.807) is 0 Å². The zero-order valence-corrected chi connectivity index (χ0v) is 12.5. The molecule has 0 saturated heterocycles. The van der Waals surface area contributed by atoms with Gasteiger partial charge >= 0.3 is 5.97 Å². The summed E-state index contributed by atoms with van der Waals surface area (Å²) >= 11 is 0. The van der Waals surface area contributed by atoms with Crippen LogP contribution in [0.15, 0.2) is 24.3 Å². The molecule has 0 bridgehead atoms. The first kappa shape index (κ1) is 15.0. The summed E-state index contributed by atoms with van der Waals surface area (Å²) in [6, 6.07) is 7.80. The highest BCUT2D eigenvalue weighted by Crippen LogP contribution is 2.36. The molecule has 110 valence electrons. The molecule has 3 nitrogen and oxygen atoms in total. The highest BCUT2D eigenvalue weighted by atomic mass is 16.5. The minimum Gasteiger partial charge on any atom is -0.462 e. The molecular weight excluding hydrogens is 250 g/mol. The van der Waals surface area contributed by atoms with E-state index in [4.69, 9.17) is 10.5 Å². The molecule has 0 unspecified atom stereocenters. The Balaban J connectivity index is 1.87. The van der Waals surface area contributed by atoms with E-state index < -0.39 is 0 Å². The molecule has 2 N–H and O–H groups in total. The number of carbonyl (C=O) groups is 1. The van der Waals surface area contributed by atoms with E-state index in [0.717, 1.165) is 36.8 Å². The van der Waals surface area contributed by atoms with Crippen LogP contribution in [0.5, 0.6) is 0 Å². The minimum atomic E-state index is -0.129. The van der Waals surface area contributed by atoms with E-state index in [1.165, 1.54) is 0 Å². The van der Waals surface area contributed by atoms with Gasteiger partial charge in [0.2, 0.25) is 0 Å². The van der Waals surface area contributed by atoms with Crippen molar-refractivity contribution in [3.05, 3.63) is 35.4 Å². The van der Waals surface area contributed by atoms with Crippen molar-refractivity contribution in [2.75, 3.05) is 0 Å². The third kappa shape index (κ3) is 4.07. The average molecular weight is 275 g/mol. The Kier molecular flexibility index (Phi) is 4.81. The van der Waals surface area contributed by atoms with Gasteiger partial charge in [0.15, 0.2) is 0 Å². The van der Waals surface area contributed by atoms with E-state index in [0.29, 0.717) is 18.4 Å². The topological polar surface area (TPSA) is 52.3 Å². The van der Waals surface area contributed by atoms with Gasteiger partial charge in [-0.1, -0.05) is 38.1 Å². The highest BCUT2D eigenvalue weighted by Gasteiger charge is 2.28. The Morgan fingerprint density at radius 2 is 1.85 bits per heavy atom. The first-order valence-electron chi connectivity index (χ1n) is 7.46. The Morgan fingerprint density at radius 1 is 1.25 bits per heavy atom. The fourth-order valence-corrected chi connectivity index (χ4v) is 2.80. The SMILES string of the molecule is CC1(C)CCC(OC(=O)Cc2ccccc2CN)CC1. The minimum absolute atomic E-state index is 0.0977. The number of esters is 1. The summed E-state index contributed by atoms with van der Waals surface area (Å²) < 4.78 is 5.61. The Hall–Kier alpha value is -1.35. The van der Waals surface area contributed by atoms with E-state index >= 15 is 0 Å². The lowest BCUT2D eigenvalue weighted by Gasteiger charge is -2.33. The first-order chi connectivity index (χ1) is 9.50. The standard InChI is InChI=1S/C17H25NO2/c1-17(2)9-7-15(8-10-17)20-16(19)11-13-5-3-4-6-14(13)12-18/h3-6,15H,7-12,18H2,1-2H3. The predicted octanol–water partition coefficient (Wildman–Crippen LogP) is 3.20. The van der Waals surface area contributed by atoms with Crippen molar-refractivity contribution in [3.63, 3.8) is 0 Å². The molecule has 3 heteroatoms. The number of ether oxygens (including phenoxy) is 1. The molecule has 1 fully saturated rings. The number of hydrogen-bond acceptors (Lipinski definition) is 3. The van der Waals surface area contributed by atoms with Crippen LogP contribution >= 0.6 is 0 Å². The molecule has 20 heavy (non-hydrogen) atoms. The van der Waals surface area contributed by atoms with E-state index in [2.05, 4.69) is 13.8 Å². The summed E-state index contributed by atoms with van der Waals surface area (Å²) in [4.78, 5) is 12.0. The van der Waals surface area contributed by atoms with Gasteiger partial charge in [0, 0.05) is 6.54 Å². The Labute approximate surface area is 121 Å². The lowest BCUT2D eigenvalue weighted by Crippen LogP contribution is -2.29. The third-order valence-electron chi connectivity index (χ3n) is 4.26. The van der Waals surface area contributed by atoms with Gasteiger partial charge < -0.3 is 10.5 Å². The van der Waals surface area contributed by atoms with Crippen LogP contribution in [0.25, 0.3) is 0 Å². The molecule has 0 atom stereocenters. The fraction of sp³-hybridized carbons (Fsp3) is 0.588. The summed E-state index contributed by atoms with van der Waals surface area (Å²) in [5.74, 6) is -0.129. The number of carbonyl (C=O) groups excluding carboxylic acids is 1. The molecule has 1 aromatic rings. The molecule has 0 heterocycles. The van der Waals surface area contributed by atoms with Gasteiger partial charge in [-0.05, 0) is 42.2 Å². The fourth-order valence-electron chi connectivity index (χ4n) is 2.80. The van der Waals surface area contributed by atoms with Gasteiger partial charge in [0.1, 0.15) is 6.10 Å². The van der Waals surface area contributed by atoms with E-state index in [9.17, 15) is 4.79 Å². The number of hydrogen-bond donors (Lipinski definition) is 1. The lowest BCUT2D eigenvalue weighted by molar-refractivity contribution is -0.150. The Morgan fingerprint density at radius 3 is 2.45 bits per heavy atom. The van der Waals surface area contributed by atoms with Gasteiger partial charge in [0.25, 0.3) is 0 Å². The van der Waals surface area contributed by atoms with Crippen molar-refractivity contribution in [1.82, 2.24) is 0 Å². The van der Waals surface area contributed by atoms with Crippen molar-refractivity contribution in [1.29, 1.82) is 0 Å². The van der Waals surface area contributed by atoms with E-state index in [-0.39, 0.29) is 12.1 Å². The van der Waals surface area contributed by atoms with Crippen LogP contribution in [0, 0.1) is 5.41 Å². The summed E-state index contributed by atoms with van der Waals surface area (Å²) in [5.41, 5.74) is 8.09. The van der Waals surface area contributed by atoms with Crippen molar-refractivity contribution in [3.8, 4) is 0 Å². The molecule has 0 aliphatic heterocycles. The molecule has 2 rings (SSSR count). The summed E-state index contributed by atoms with van der Waals surface area (Å²) in [6.45, 7) is 5.02. The maximum absolute atomic E-state index is 12.0. The van der Waals surface area contributed by atoms with E-state index in [1.807, 2.05) is 24.3 Å². The molecule has 0 radical (unpaired) electrons. The van der Waals surface area contributed by atoms with Crippen LogP contribution in [-0.4, -0.2) is 12.1 Å². The second kappa shape index (κ2) is 6.40. The van der Waals surface area contributed by atoms with Gasteiger partial charge in [0.05, 0.1) is 6.42 Å². The Bertz CT molecular complexity index is 458. The second-order valence-electron chi connectivity index (χ2n) is 6.50. The normalized spacial score (nSPS) is 18.8. The summed E-state index contributed by atoms with van der Waals surface area (Å²) in [7, 11) is 0. The zero-order chi connectivity index (χ0) is 14.6. The maximum Gasteiger partial charge on any atom is 0.310 e.